The summed E-state index contributed by atoms with van der Waals surface area (Å²) in [5, 5.41) is 16.7. The summed E-state index contributed by atoms with van der Waals surface area (Å²) < 4.78 is 7.88. The largest absolute Gasteiger partial charge is 0.494 e. The number of carbonyl (C=O) groups excluding carboxylic acids is 1. The highest BCUT2D eigenvalue weighted by Gasteiger charge is 2.30. The average molecular weight is 448 g/mol. The third kappa shape index (κ3) is 4.03. The maximum atomic E-state index is 12.4. The first-order valence-corrected chi connectivity index (χ1v) is 11.8. The van der Waals surface area contributed by atoms with Crippen LogP contribution in [0.2, 0.25) is 0 Å². The van der Waals surface area contributed by atoms with E-state index in [-0.39, 0.29) is 18.1 Å². The molecule has 0 bridgehead atoms. The van der Waals surface area contributed by atoms with Crippen molar-refractivity contribution in [2.45, 2.75) is 57.5 Å². The Kier molecular flexibility index (Phi) is 5.70. The van der Waals surface area contributed by atoms with Gasteiger partial charge in [-0.15, -0.1) is 0 Å². The van der Waals surface area contributed by atoms with Gasteiger partial charge in [0.25, 0.3) is 0 Å². The molecule has 2 saturated carbocycles. The summed E-state index contributed by atoms with van der Waals surface area (Å²) in [6, 6.07) is 13.4. The van der Waals surface area contributed by atoms with E-state index < -0.39 is 5.97 Å². The normalized spacial score (nSPS) is 16.2. The fraction of sp³-hybridized carbons (Fsp3) is 0.385. The summed E-state index contributed by atoms with van der Waals surface area (Å²) in [5.41, 5.74) is 3.40. The van der Waals surface area contributed by atoms with Crippen molar-refractivity contribution in [3.8, 4) is 17.0 Å². The number of carboxylic acid groups (broad SMARTS) is 1. The number of amides is 2. The van der Waals surface area contributed by atoms with E-state index in [1.165, 1.54) is 0 Å². The van der Waals surface area contributed by atoms with E-state index >= 15 is 0 Å². The molecule has 7 nitrogen and oxygen atoms in total. The van der Waals surface area contributed by atoms with E-state index in [0.29, 0.717) is 23.6 Å². The van der Waals surface area contributed by atoms with Crippen LogP contribution in [0.3, 0.4) is 0 Å². The molecular formula is C26H29N3O4. The van der Waals surface area contributed by atoms with Gasteiger partial charge in [0.15, 0.2) is 0 Å². The van der Waals surface area contributed by atoms with Gasteiger partial charge in [-0.2, -0.15) is 0 Å². The number of urea groups is 1. The predicted octanol–water partition coefficient (Wildman–Crippen LogP) is 5.80. The monoisotopic (exact) mass is 447 g/mol. The Labute approximate surface area is 192 Å². The Hall–Kier alpha value is -3.48. The highest BCUT2D eigenvalue weighted by atomic mass is 16.5. The number of hydrogen-bond acceptors (Lipinski definition) is 3. The average Bonchev–Trinajstić information content (AvgIpc) is 3.05. The summed E-state index contributed by atoms with van der Waals surface area (Å²) in [5.74, 6) is -0.206. The van der Waals surface area contributed by atoms with E-state index in [0.717, 1.165) is 60.7 Å². The molecule has 3 aromatic rings. The number of hydrogen-bond donors (Lipinski definition) is 3. The molecule has 2 aliphatic carbocycles. The van der Waals surface area contributed by atoms with Gasteiger partial charge in [0.2, 0.25) is 0 Å². The van der Waals surface area contributed by atoms with Crippen molar-refractivity contribution in [2.24, 2.45) is 0 Å². The molecule has 2 fully saturated rings. The Balaban J connectivity index is 1.54. The molecule has 1 aromatic heterocycles. The van der Waals surface area contributed by atoms with Crippen molar-refractivity contribution in [1.29, 1.82) is 0 Å². The van der Waals surface area contributed by atoms with Gasteiger partial charge < -0.3 is 25.0 Å². The summed E-state index contributed by atoms with van der Waals surface area (Å²) in [6.07, 6.45) is 6.40. The molecule has 2 aromatic carbocycles. The quantitative estimate of drug-likeness (QED) is 0.426. The number of aromatic carboxylic acids is 1. The molecule has 7 heteroatoms. The molecule has 5 rings (SSSR count). The minimum atomic E-state index is -0.945. The van der Waals surface area contributed by atoms with E-state index in [1.807, 2.05) is 49.4 Å². The molecule has 0 unspecified atom stereocenters. The van der Waals surface area contributed by atoms with Crippen LogP contribution in [0, 0.1) is 0 Å². The summed E-state index contributed by atoms with van der Waals surface area (Å²) in [6.45, 7) is 2.49. The Morgan fingerprint density at radius 1 is 1.06 bits per heavy atom. The number of ether oxygens (including phenoxy) is 1. The van der Waals surface area contributed by atoms with Crippen LogP contribution in [-0.2, 0) is 0 Å². The molecule has 0 spiro atoms. The van der Waals surface area contributed by atoms with Crippen molar-refractivity contribution in [1.82, 2.24) is 9.88 Å². The smallest absolute Gasteiger partial charge is 0.338 e. The number of nitrogens with one attached hydrogen (secondary N) is 2. The van der Waals surface area contributed by atoms with Gasteiger partial charge in [-0.25, -0.2) is 9.59 Å². The lowest BCUT2D eigenvalue weighted by atomic mass is 9.92. The number of nitrogens with zero attached hydrogens (tertiary/aromatic N) is 1. The van der Waals surface area contributed by atoms with Crippen molar-refractivity contribution >= 4 is 28.6 Å². The Morgan fingerprint density at radius 3 is 2.36 bits per heavy atom. The number of rotatable bonds is 7. The number of aromatic nitrogens is 1. The SMILES string of the molecule is CCOc1ccc2c(C(=O)O)c(-c3ccc(NC(=O)NC4CCC4)cc3)n(C3CCC3)c2c1. The topological polar surface area (TPSA) is 92.6 Å². The fourth-order valence-corrected chi connectivity index (χ4v) is 4.69. The number of benzene rings is 2. The van der Waals surface area contributed by atoms with E-state index in [9.17, 15) is 14.7 Å². The molecule has 1 heterocycles. The minimum Gasteiger partial charge on any atom is -0.494 e. The third-order valence-electron chi connectivity index (χ3n) is 6.80. The second kappa shape index (κ2) is 8.81. The third-order valence-corrected chi connectivity index (χ3v) is 6.80. The van der Waals surface area contributed by atoms with Crippen LogP contribution in [0.25, 0.3) is 22.2 Å². The standard InChI is InChI=1S/C26H29N3O4/c1-2-33-20-13-14-21-22(15-20)29(19-7-4-8-19)24(23(21)25(30)31)16-9-11-18(12-10-16)28-26(32)27-17-5-3-6-17/h9-15,17,19H,2-8H2,1H3,(H,30,31)(H2,27,28,32). The second-order valence-corrected chi connectivity index (χ2v) is 8.90. The van der Waals surface area contributed by atoms with Crippen molar-refractivity contribution < 1.29 is 19.4 Å². The van der Waals surface area contributed by atoms with Crippen LogP contribution in [0.4, 0.5) is 10.5 Å². The van der Waals surface area contributed by atoms with Crippen LogP contribution >= 0.6 is 0 Å². The van der Waals surface area contributed by atoms with Crippen LogP contribution < -0.4 is 15.4 Å². The molecule has 0 aliphatic heterocycles. The number of carboxylic acids is 1. The predicted molar refractivity (Wildman–Crippen MR) is 128 cm³/mol. The first-order chi connectivity index (χ1) is 16.0. The molecule has 0 saturated heterocycles. The molecule has 2 amide bonds. The molecule has 33 heavy (non-hydrogen) atoms. The number of anilines is 1. The van der Waals surface area contributed by atoms with Crippen LogP contribution in [-0.4, -0.2) is 34.3 Å². The lowest BCUT2D eigenvalue weighted by Gasteiger charge is -2.30. The van der Waals surface area contributed by atoms with Gasteiger partial charge >= 0.3 is 12.0 Å². The van der Waals surface area contributed by atoms with Crippen molar-refractivity contribution in [3.63, 3.8) is 0 Å². The molecule has 0 atom stereocenters. The van der Waals surface area contributed by atoms with Gasteiger partial charge in [-0.05, 0) is 75.3 Å². The first kappa shape index (κ1) is 21.4. The maximum Gasteiger partial charge on any atom is 0.338 e. The first-order valence-electron chi connectivity index (χ1n) is 11.8. The molecule has 0 radical (unpaired) electrons. The van der Waals surface area contributed by atoms with E-state index in [4.69, 9.17) is 4.74 Å². The van der Waals surface area contributed by atoms with Crippen molar-refractivity contribution in [2.75, 3.05) is 11.9 Å². The summed E-state index contributed by atoms with van der Waals surface area (Å²) in [7, 11) is 0. The highest BCUT2D eigenvalue weighted by molar-refractivity contribution is 6.10. The molecule has 3 N–H and O–H groups in total. The lowest BCUT2D eigenvalue weighted by Crippen LogP contribution is -2.41. The minimum absolute atomic E-state index is 0.203. The number of fused-ring (bicyclic) bond motifs is 1. The van der Waals surface area contributed by atoms with Crippen molar-refractivity contribution in [3.05, 3.63) is 48.0 Å². The lowest BCUT2D eigenvalue weighted by molar-refractivity contribution is 0.0699. The fourth-order valence-electron chi connectivity index (χ4n) is 4.69. The zero-order valence-corrected chi connectivity index (χ0v) is 18.8. The highest BCUT2D eigenvalue weighted by Crippen LogP contribution is 2.43. The van der Waals surface area contributed by atoms with E-state index in [2.05, 4.69) is 15.2 Å². The Morgan fingerprint density at radius 2 is 1.79 bits per heavy atom. The van der Waals surface area contributed by atoms with Gasteiger partial charge in [-0.1, -0.05) is 12.1 Å². The van der Waals surface area contributed by atoms with Gasteiger partial charge in [0, 0.05) is 29.2 Å². The van der Waals surface area contributed by atoms with Gasteiger partial charge in [-0.3, -0.25) is 0 Å². The van der Waals surface area contributed by atoms with Gasteiger partial charge in [0.05, 0.1) is 23.4 Å². The van der Waals surface area contributed by atoms with Crippen LogP contribution in [0.5, 0.6) is 5.75 Å². The zero-order valence-electron chi connectivity index (χ0n) is 18.8. The van der Waals surface area contributed by atoms with Crippen LogP contribution in [0.1, 0.15) is 61.8 Å². The van der Waals surface area contributed by atoms with Gasteiger partial charge in [0.1, 0.15) is 5.75 Å². The van der Waals surface area contributed by atoms with E-state index in [1.54, 1.807) is 0 Å². The molecule has 2 aliphatic rings. The summed E-state index contributed by atoms with van der Waals surface area (Å²) in [4.78, 5) is 24.6. The van der Waals surface area contributed by atoms with Crippen LogP contribution in [0.15, 0.2) is 42.5 Å². The second-order valence-electron chi connectivity index (χ2n) is 8.90. The summed E-state index contributed by atoms with van der Waals surface area (Å²) >= 11 is 0. The maximum absolute atomic E-state index is 12.4. The Bertz CT molecular complexity index is 1190. The molecule has 172 valence electrons. The molecular weight excluding hydrogens is 418 g/mol. The number of carbonyl (C=O) groups is 2. The zero-order chi connectivity index (χ0) is 22.9.